The summed E-state index contributed by atoms with van der Waals surface area (Å²) in [7, 11) is 0. The third-order valence-corrected chi connectivity index (χ3v) is 5.49. The van der Waals surface area contributed by atoms with Crippen LogP contribution in [0, 0.1) is 5.82 Å². The number of nitrogens with zero attached hydrogens (tertiary/aromatic N) is 4. The first kappa shape index (κ1) is 17.6. The van der Waals surface area contributed by atoms with Crippen LogP contribution in [0.5, 0.6) is 0 Å². The lowest BCUT2D eigenvalue weighted by Crippen LogP contribution is -2.28. The molecule has 0 spiro atoms. The van der Waals surface area contributed by atoms with E-state index in [1.807, 2.05) is 45.9 Å². The van der Waals surface area contributed by atoms with Crippen molar-refractivity contribution in [3.63, 3.8) is 0 Å². The van der Waals surface area contributed by atoms with Gasteiger partial charge in [-0.1, -0.05) is 24.3 Å². The van der Waals surface area contributed by atoms with Crippen LogP contribution in [0.15, 0.2) is 73.2 Å². The number of pyridine rings is 1. The van der Waals surface area contributed by atoms with E-state index in [4.69, 9.17) is 0 Å². The summed E-state index contributed by atoms with van der Waals surface area (Å²) in [6.07, 6.45) is 4.18. The Balaban J connectivity index is 1.33. The maximum atomic E-state index is 13.5. The Morgan fingerprint density at radius 1 is 1.03 bits per heavy atom. The molecule has 5 rings (SSSR count). The first-order chi connectivity index (χ1) is 14.2. The number of para-hydroxylation sites is 2. The van der Waals surface area contributed by atoms with Crippen molar-refractivity contribution < 1.29 is 9.18 Å². The number of aromatic nitrogens is 3. The largest absolute Gasteiger partial charge is 0.338 e. The number of benzene rings is 2. The second-order valence-electron chi connectivity index (χ2n) is 7.30. The molecule has 1 unspecified atom stereocenters. The minimum atomic E-state index is -0.237. The molecule has 1 fully saturated rings. The minimum Gasteiger partial charge on any atom is -0.338 e. The van der Waals surface area contributed by atoms with Crippen molar-refractivity contribution in [1.29, 1.82) is 0 Å². The van der Waals surface area contributed by atoms with Gasteiger partial charge in [-0.25, -0.2) is 14.4 Å². The zero-order chi connectivity index (χ0) is 19.8. The van der Waals surface area contributed by atoms with Crippen molar-refractivity contribution in [2.45, 2.75) is 12.3 Å². The molecule has 0 saturated carbocycles. The second kappa shape index (κ2) is 7.13. The fraction of sp³-hybridized carbons (Fsp3) is 0.174. The Labute approximate surface area is 167 Å². The van der Waals surface area contributed by atoms with E-state index in [9.17, 15) is 9.18 Å². The number of carbonyl (C=O) groups excluding carboxylic acids is 1. The topological polar surface area (TPSA) is 51.0 Å². The van der Waals surface area contributed by atoms with Crippen molar-refractivity contribution >= 4 is 16.9 Å². The normalized spacial score (nSPS) is 16.4. The number of amides is 1. The van der Waals surface area contributed by atoms with Crippen LogP contribution < -0.4 is 0 Å². The van der Waals surface area contributed by atoms with E-state index in [1.165, 1.54) is 6.07 Å². The van der Waals surface area contributed by atoms with Gasteiger partial charge in [0.2, 0.25) is 0 Å². The fourth-order valence-corrected chi connectivity index (χ4v) is 3.96. The van der Waals surface area contributed by atoms with E-state index in [2.05, 4.69) is 9.97 Å². The van der Waals surface area contributed by atoms with Crippen LogP contribution in [0.4, 0.5) is 4.39 Å². The van der Waals surface area contributed by atoms with Crippen molar-refractivity contribution in [2.24, 2.45) is 0 Å². The molecule has 29 heavy (non-hydrogen) atoms. The van der Waals surface area contributed by atoms with Gasteiger partial charge in [-0.15, -0.1) is 0 Å². The number of carbonyl (C=O) groups is 1. The molecule has 1 atom stereocenters. The summed E-state index contributed by atoms with van der Waals surface area (Å²) in [6, 6.07) is 18.1. The highest BCUT2D eigenvalue weighted by molar-refractivity contribution is 5.94. The predicted molar refractivity (Wildman–Crippen MR) is 109 cm³/mol. The molecule has 4 aromatic rings. The van der Waals surface area contributed by atoms with Crippen LogP contribution >= 0.6 is 0 Å². The lowest BCUT2D eigenvalue weighted by molar-refractivity contribution is 0.0790. The van der Waals surface area contributed by atoms with Crippen molar-refractivity contribution in [1.82, 2.24) is 19.4 Å². The molecule has 2 aromatic carbocycles. The van der Waals surface area contributed by atoms with Crippen molar-refractivity contribution in [3.8, 4) is 5.82 Å². The van der Waals surface area contributed by atoms with Gasteiger partial charge in [-0.3, -0.25) is 9.36 Å². The van der Waals surface area contributed by atoms with E-state index >= 15 is 0 Å². The second-order valence-corrected chi connectivity index (χ2v) is 7.30. The molecule has 2 aromatic heterocycles. The van der Waals surface area contributed by atoms with Gasteiger partial charge in [0.05, 0.1) is 16.6 Å². The Bertz CT molecular complexity index is 1180. The van der Waals surface area contributed by atoms with Gasteiger partial charge in [0.1, 0.15) is 18.0 Å². The van der Waals surface area contributed by atoms with Gasteiger partial charge >= 0.3 is 0 Å². The van der Waals surface area contributed by atoms with Crippen LogP contribution in [0.25, 0.3) is 16.9 Å². The molecule has 1 aliphatic heterocycles. The Kier molecular flexibility index (Phi) is 4.31. The molecule has 1 amide bonds. The van der Waals surface area contributed by atoms with Gasteiger partial charge in [-0.2, -0.15) is 0 Å². The molecule has 1 saturated heterocycles. The summed E-state index contributed by atoms with van der Waals surface area (Å²) in [6.45, 7) is 1.25. The zero-order valence-electron chi connectivity index (χ0n) is 15.7. The van der Waals surface area contributed by atoms with Crippen molar-refractivity contribution in [3.05, 3.63) is 90.1 Å². The summed E-state index contributed by atoms with van der Waals surface area (Å²) in [4.78, 5) is 23.6. The molecule has 5 nitrogen and oxygen atoms in total. The number of likely N-dealkylation sites (tertiary alicyclic amines) is 1. The third-order valence-electron chi connectivity index (χ3n) is 5.49. The number of fused-ring (bicyclic) bond motifs is 1. The number of rotatable bonds is 3. The summed E-state index contributed by atoms with van der Waals surface area (Å²) in [5.41, 5.74) is 3.37. The van der Waals surface area contributed by atoms with Crippen LogP contribution in [-0.2, 0) is 0 Å². The zero-order valence-corrected chi connectivity index (χ0v) is 15.7. The van der Waals surface area contributed by atoms with Gasteiger partial charge in [0.25, 0.3) is 5.91 Å². The molecule has 0 N–H and O–H groups in total. The average molecular weight is 386 g/mol. The molecule has 3 heterocycles. The van der Waals surface area contributed by atoms with Gasteiger partial charge in [0.15, 0.2) is 0 Å². The van der Waals surface area contributed by atoms with E-state index in [0.29, 0.717) is 24.5 Å². The number of hydrogen-bond acceptors (Lipinski definition) is 3. The van der Waals surface area contributed by atoms with E-state index in [-0.39, 0.29) is 17.6 Å². The van der Waals surface area contributed by atoms with Crippen molar-refractivity contribution in [2.75, 3.05) is 13.1 Å². The average Bonchev–Trinajstić information content (AvgIpc) is 3.41. The molecular formula is C23H19FN4O. The first-order valence-corrected chi connectivity index (χ1v) is 9.62. The summed E-state index contributed by atoms with van der Waals surface area (Å²) >= 11 is 0. The molecule has 0 aliphatic carbocycles. The Hall–Kier alpha value is -3.54. The summed E-state index contributed by atoms with van der Waals surface area (Å²) in [5, 5.41) is 0. The highest BCUT2D eigenvalue weighted by atomic mass is 19.1. The number of hydrogen-bond donors (Lipinski definition) is 0. The lowest BCUT2D eigenvalue weighted by atomic mass is 9.98. The highest BCUT2D eigenvalue weighted by Gasteiger charge is 2.28. The van der Waals surface area contributed by atoms with Gasteiger partial charge in [0, 0.05) is 25.2 Å². The quantitative estimate of drug-likeness (QED) is 0.531. The van der Waals surface area contributed by atoms with E-state index in [1.54, 1.807) is 30.7 Å². The molecular weight excluding hydrogens is 367 g/mol. The standard InChI is InChI=1S/C23H19FN4O/c24-19-5-3-4-16(12-19)18-10-11-27(14-18)23(29)17-8-9-22(25-13-17)28-15-26-20-6-1-2-7-21(20)28/h1-9,12-13,15,18H,10-11,14H2. The smallest absolute Gasteiger partial charge is 0.255 e. The molecule has 0 radical (unpaired) electrons. The molecule has 144 valence electrons. The van der Waals surface area contributed by atoms with Crippen LogP contribution in [0.1, 0.15) is 28.3 Å². The maximum absolute atomic E-state index is 13.5. The van der Waals surface area contributed by atoms with E-state index < -0.39 is 0 Å². The maximum Gasteiger partial charge on any atom is 0.255 e. The highest BCUT2D eigenvalue weighted by Crippen LogP contribution is 2.28. The van der Waals surface area contributed by atoms with E-state index in [0.717, 1.165) is 23.0 Å². The summed E-state index contributed by atoms with van der Waals surface area (Å²) in [5.74, 6) is 0.603. The summed E-state index contributed by atoms with van der Waals surface area (Å²) < 4.78 is 15.4. The lowest BCUT2D eigenvalue weighted by Gasteiger charge is -2.17. The Morgan fingerprint density at radius 2 is 1.93 bits per heavy atom. The van der Waals surface area contributed by atoms with Gasteiger partial charge in [-0.05, 0) is 48.4 Å². The van der Waals surface area contributed by atoms with Crippen LogP contribution in [0.2, 0.25) is 0 Å². The number of imidazole rings is 1. The first-order valence-electron chi connectivity index (χ1n) is 9.62. The predicted octanol–water partition coefficient (Wildman–Crippen LogP) is 4.19. The Morgan fingerprint density at radius 3 is 2.76 bits per heavy atom. The molecule has 1 aliphatic rings. The SMILES string of the molecule is O=C(c1ccc(-n2cnc3ccccc32)nc1)N1CCC(c2cccc(F)c2)C1. The van der Waals surface area contributed by atoms with Crippen LogP contribution in [-0.4, -0.2) is 38.4 Å². The molecule has 6 heteroatoms. The third kappa shape index (κ3) is 3.27. The van der Waals surface area contributed by atoms with Crippen LogP contribution in [0.3, 0.4) is 0 Å². The monoisotopic (exact) mass is 386 g/mol. The van der Waals surface area contributed by atoms with Gasteiger partial charge < -0.3 is 4.90 Å². The molecule has 0 bridgehead atoms. The minimum absolute atomic E-state index is 0.0431. The number of halogens is 1. The fourth-order valence-electron chi connectivity index (χ4n) is 3.96.